The van der Waals surface area contributed by atoms with Crippen molar-refractivity contribution in [3.63, 3.8) is 0 Å². The number of hydrogen-bond donors (Lipinski definition) is 0. The molecule has 0 saturated carbocycles. The first-order valence-corrected chi connectivity index (χ1v) is 10.7. The average Bonchev–Trinajstić information content (AvgIpc) is 2.60. The average molecular weight is 377 g/mol. The van der Waals surface area contributed by atoms with Crippen molar-refractivity contribution < 1.29 is 27.2 Å². The lowest BCUT2D eigenvalue weighted by molar-refractivity contribution is 0.250. The Bertz CT molecular complexity index is 679. The van der Waals surface area contributed by atoms with Gasteiger partial charge in [-0.3, -0.25) is 9.13 Å². The van der Waals surface area contributed by atoms with Crippen molar-refractivity contribution in [1.29, 1.82) is 0 Å². The van der Waals surface area contributed by atoms with E-state index in [-0.39, 0.29) is 6.42 Å². The summed E-state index contributed by atoms with van der Waals surface area (Å²) in [5.41, 5.74) is 2.14. The van der Waals surface area contributed by atoms with Gasteiger partial charge in [0.15, 0.2) is 0 Å². The number of nitrogens with zero attached hydrogens (tertiary/aromatic N) is 1. The van der Waals surface area contributed by atoms with Crippen LogP contribution in [0.4, 0.5) is 5.69 Å². The van der Waals surface area contributed by atoms with Gasteiger partial charge in [-0.2, -0.15) is 0 Å². The van der Waals surface area contributed by atoms with Crippen LogP contribution in [0.3, 0.4) is 0 Å². The Morgan fingerprint density at radius 3 is 2.04 bits per heavy atom. The van der Waals surface area contributed by atoms with Crippen LogP contribution in [-0.2, 0) is 27.2 Å². The van der Waals surface area contributed by atoms with Crippen molar-refractivity contribution in [1.82, 2.24) is 0 Å². The van der Waals surface area contributed by atoms with Crippen LogP contribution in [0.15, 0.2) is 18.2 Å². The van der Waals surface area contributed by atoms with Gasteiger partial charge in [0.2, 0.25) is 0 Å². The van der Waals surface area contributed by atoms with E-state index in [1.807, 2.05) is 37.1 Å². The zero-order valence-electron chi connectivity index (χ0n) is 14.9. The number of hydrogen-bond acceptors (Lipinski definition) is 7. The summed E-state index contributed by atoms with van der Waals surface area (Å²) >= 11 is 0. The molecule has 0 amide bonds. The Balaban J connectivity index is 2.64. The molecule has 24 heavy (non-hydrogen) atoms. The molecule has 2 atom stereocenters. The monoisotopic (exact) mass is 377 g/mol. The number of benzene rings is 1. The molecule has 0 radical (unpaired) electrons. The van der Waals surface area contributed by atoms with Gasteiger partial charge in [-0.15, -0.1) is 0 Å². The van der Waals surface area contributed by atoms with Gasteiger partial charge in [-0.1, -0.05) is 17.7 Å². The predicted octanol–water partition coefficient (Wildman–Crippen LogP) is 4.17. The Morgan fingerprint density at radius 1 is 1.00 bits per heavy atom. The molecular weight excluding hydrogens is 352 g/mol. The van der Waals surface area contributed by atoms with Crippen LogP contribution in [0.5, 0.6) is 0 Å². The van der Waals surface area contributed by atoms with Gasteiger partial charge in [0.05, 0.1) is 5.66 Å². The van der Waals surface area contributed by atoms with Crippen LogP contribution in [0.1, 0.15) is 23.2 Å². The standard InChI is InChI=1S/C15H25NO6P2/c1-11-7-8-13-12(9-11)14(23(17,19-3)20-4)10-15(16(13)2)24(18,21-5)22-6/h7-9,14-15H,10H2,1-6H3. The molecule has 7 nitrogen and oxygen atoms in total. The van der Waals surface area contributed by atoms with Crippen molar-refractivity contribution in [2.45, 2.75) is 24.8 Å². The van der Waals surface area contributed by atoms with Gasteiger partial charge in [-0.05, 0) is 25.0 Å². The first-order valence-electron chi connectivity index (χ1n) is 7.52. The number of aryl methyl sites for hydroxylation is 1. The molecule has 9 heteroatoms. The molecule has 0 spiro atoms. The van der Waals surface area contributed by atoms with E-state index in [2.05, 4.69) is 0 Å². The van der Waals surface area contributed by atoms with E-state index >= 15 is 0 Å². The molecule has 136 valence electrons. The highest BCUT2D eigenvalue weighted by molar-refractivity contribution is 7.55. The number of fused-ring (bicyclic) bond motifs is 1. The van der Waals surface area contributed by atoms with E-state index in [9.17, 15) is 9.13 Å². The van der Waals surface area contributed by atoms with Gasteiger partial charge < -0.3 is 23.0 Å². The highest BCUT2D eigenvalue weighted by Crippen LogP contribution is 2.68. The van der Waals surface area contributed by atoms with Gasteiger partial charge in [0.1, 0.15) is 5.78 Å². The van der Waals surface area contributed by atoms with E-state index in [1.165, 1.54) is 28.4 Å². The smallest absolute Gasteiger partial charge is 0.352 e. The molecule has 0 N–H and O–H groups in total. The van der Waals surface area contributed by atoms with Crippen LogP contribution in [0, 0.1) is 6.92 Å². The van der Waals surface area contributed by atoms with Crippen LogP contribution >= 0.6 is 15.2 Å². The van der Waals surface area contributed by atoms with Crippen LogP contribution in [-0.4, -0.2) is 41.3 Å². The van der Waals surface area contributed by atoms with Gasteiger partial charge in [0.25, 0.3) is 0 Å². The lowest BCUT2D eigenvalue weighted by atomic mass is 9.99. The maximum absolute atomic E-state index is 13.1. The van der Waals surface area contributed by atoms with E-state index in [0.29, 0.717) is 0 Å². The minimum atomic E-state index is -3.42. The molecule has 1 aliphatic heterocycles. The van der Waals surface area contributed by atoms with Crippen molar-refractivity contribution in [2.75, 3.05) is 40.4 Å². The SMILES string of the molecule is COP(=O)(OC)C1CC(P(=O)(OC)OC)N(C)c2ccc(C)cc21. The molecule has 2 rings (SSSR count). The summed E-state index contributed by atoms with van der Waals surface area (Å²) in [4.78, 5) is 1.86. The maximum Gasteiger partial charge on any atom is 0.352 e. The Labute approximate surface area is 143 Å². The molecule has 1 aromatic rings. The molecule has 0 aromatic heterocycles. The Kier molecular flexibility index (Phi) is 5.96. The second-order valence-electron chi connectivity index (χ2n) is 5.72. The molecule has 0 fully saturated rings. The first-order chi connectivity index (χ1) is 11.3. The predicted molar refractivity (Wildman–Crippen MR) is 94.0 cm³/mol. The van der Waals surface area contributed by atoms with Crippen molar-refractivity contribution in [3.05, 3.63) is 29.3 Å². The van der Waals surface area contributed by atoms with E-state index in [0.717, 1.165) is 16.8 Å². The quantitative estimate of drug-likeness (QED) is 0.689. The number of anilines is 1. The summed E-state index contributed by atoms with van der Waals surface area (Å²) in [5.74, 6) is -0.591. The second kappa shape index (κ2) is 7.28. The van der Waals surface area contributed by atoms with Crippen molar-refractivity contribution >= 4 is 20.9 Å². The molecule has 0 aliphatic carbocycles. The second-order valence-corrected chi connectivity index (χ2v) is 10.6. The van der Waals surface area contributed by atoms with Gasteiger partial charge >= 0.3 is 15.2 Å². The fraction of sp³-hybridized carbons (Fsp3) is 0.600. The summed E-state index contributed by atoms with van der Waals surface area (Å²) in [7, 11) is 0.411. The van der Waals surface area contributed by atoms with Crippen LogP contribution in [0.25, 0.3) is 0 Å². The van der Waals surface area contributed by atoms with E-state index < -0.39 is 26.6 Å². The molecular formula is C15H25NO6P2. The normalized spacial score (nSPS) is 21.7. The number of rotatable bonds is 6. The molecule has 2 unspecified atom stereocenters. The summed E-state index contributed by atoms with van der Waals surface area (Å²) in [6.07, 6.45) is 0.269. The summed E-state index contributed by atoms with van der Waals surface area (Å²) in [6.45, 7) is 1.96. The molecule has 1 heterocycles. The van der Waals surface area contributed by atoms with E-state index in [4.69, 9.17) is 18.1 Å². The lowest BCUT2D eigenvalue weighted by Gasteiger charge is -2.42. The minimum absolute atomic E-state index is 0.269. The molecule has 1 aliphatic rings. The van der Waals surface area contributed by atoms with Gasteiger partial charge in [0, 0.05) is 41.2 Å². The minimum Gasteiger partial charge on any atom is -0.360 e. The lowest BCUT2D eigenvalue weighted by Crippen LogP contribution is -2.38. The van der Waals surface area contributed by atoms with Gasteiger partial charge in [-0.25, -0.2) is 0 Å². The zero-order chi connectivity index (χ0) is 18.1. The summed E-state index contributed by atoms with van der Waals surface area (Å²) < 4.78 is 46.9. The highest BCUT2D eigenvalue weighted by Gasteiger charge is 2.49. The van der Waals surface area contributed by atoms with Crippen molar-refractivity contribution in [2.24, 2.45) is 0 Å². The van der Waals surface area contributed by atoms with Crippen LogP contribution in [0.2, 0.25) is 0 Å². The fourth-order valence-corrected chi connectivity index (χ4v) is 6.68. The Hall–Kier alpha value is -0.680. The van der Waals surface area contributed by atoms with Crippen LogP contribution < -0.4 is 4.90 Å². The molecule has 0 bridgehead atoms. The summed E-state index contributed by atoms with van der Waals surface area (Å²) in [6, 6.07) is 5.82. The molecule has 0 saturated heterocycles. The summed E-state index contributed by atoms with van der Waals surface area (Å²) in [5, 5.41) is 0. The first kappa shape index (κ1) is 19.6. The topological polar surface area (TPSA) is 74.3 Å². The highest BCUT2D eigenvalue weighted by atomic mass is 31.2. The molecule has 1 aromatic carbocycles. The van der Waals surface area contributed by atoms with E-state index in [1.54, 1.807) is 0 Å². The third-order valence-electron chi connectivity index (χ3n) is 4.57. The zero-order valence-corrected chi connectivity index (χ0v) is 16.7. The third-order valence-corrected chi connectivity index (χ3v) is 9.14. The Morgan fingerprint density at radius 2 is 1.54 bits per heavy atom. The fourth-order valence-electron chi connectivity index (χ4n) is 3.19. The largest absolute Gasteiger partial charge is 0.360 e. The van der Waals surface area contributed by atoms with Crippen molar-refractivity contribution in [3.8, 4) is 0 Å². The maximum atomic E-state index is 13.1. The third kappa shape index (κ3) is 3.22.